The van der Waals surface area contributed by atoms with Crippen molar-refractivity contribution in [3.63, 3.8) is 0 Å². The van der Waals surface area contributed by atoms with Crippen molar-refractivity contribution in [2.24, 2.45) is 0 Å². The molecule has 0 amide bonds. The normalized spacial score (nSPS) is 18.0. The molecule has 3 rings (SSSR count). The van der Waals surface area contributed by atoms with Crippen molar-refractivity contribution in [3.05, 3.63) is 65.7 Å². The number of rotatable bonds is 6. The molecule has 0 spiro atoms. The number of benzene rings is 2. The van der Waals surface area contributed by atoms with E-state index >= 15 is 0 Å². The molecule has 0 bridgehead atoms. The largest absolute Gasteiger partial charge is 0.497 e. The Balaban J connectivity index is 1.73. The summed E-state index contributed by atoms with van der Waals surface area (Å²) in [6, 6.07) is 17.7. The number of methoxy groups -OCH3 is 1. The highest BCUT2D eigenvalue weighted by molar-refractivity contribution is 7.91. The van der Waals surface area contributed by atoms with Gasteiger partial charge in [0.15, 0.2) is 14.9 Å². The summed E-state index contributed by atoms with van der Waals surface area (Å²) >= 11 is 5.63. The number of hydrogen-bond acceptors (Lipinski definition) is 4. The molecule has 2 aromatic carbocycles. The third-order valence-electron chi connectivity index (χ3n) is 4.71. The molecule has 144 valence electrons. The molecule has 2 aromatic rings. The Hall–Kier alpha value is -2.12. The van der Waals surface area contributed by atoms with Gasteiger partial charge in [0.2, 0.25) is 0 Å². The summed E-state index contributed by atoms with van der Waals surface area (Å²) in [5.74, 6) is 1.16. The fourth-order valence-electron chi connectivity index (χ4n) is 3.19. The molecule has 1 atom stereocenters. The van der Waals surface area contributed by atoms with E-state index in [1.165, 1.54) is 0 Å². The summed E-state index contributed by atoms with van der Waals surface area (Å²) in [5.41, 5.74) is 2.19. The first kappa shape index (κ1) is 19.6. The first-order chi connectivity index (χ1) is 13.0. The zero-order valence-corrected chi connectivity index (χ0v) is 16.9. The molecule has 1 fully saturated rings. The number of thiocarbonyl (C=S) groups is 1. The molecule has 5 nitrogen and oxygen atoms in total. The zero-order valence-electron chi connectivity index (χ0n) is 15.3. The average molecular weight is 405 g/mol. The quantitative estimate of drug-likeness (QED) is 0.747. The minimum atomic E-state index is -2.99. The van der Waals surface area contributed by atoms with E-state index in [-0.39, 0.29) is 17.5 Å². The van der Waals surface area contributed by atoms with Crippen LogP contribution in [0.15, 0.2) is 54.6 Å². The second-order valence-corrected chi connectivity index (χ2v) is 9.29. The highest BCUT2D eigenvalue weighted by Crippen LogP contribution is 2.21. The molecule has 0 radical (unpaired) electrons. The second-order valence-electron chi connectivity index (χ2n) is 6.68. The SMILES string of the molecule is COc1ccc(CN(C(=S)NCc2ccccc2)[C@@H]2CCS(=O)(=O)C2)cc1. The third-order valence-corrected chi connectivity index (χ3v) is 6.84. The van der Waals surface area contributed by atoms with E-state index in [2.05, 4.69) is 5.32 Å². The molecule has 27 heavy (non-hydrogen) atoms. The van der Waals surface area contributed by atoms with E-state index in [0.717, 1.165) is 16.9 Å². The smallest absolute Gasteiger partial charge is 0.169 e. The standard InChI is InChI=1S/C20H24N2O3S2/c1-25-19-9-7-17(8-10-19)14-22(18-11-12-27(23,24)15-18)20(26)21-13-16-5-3-2-4-6-16/h2-10,18H,11-15H2,1H3,(H,21,26)/t18-/m1/s1. The van der Waals surface area contributed by atoms with Crippen molar-refractivity contribution >= 4 is 27.2 Å². The van der Waals surface area contributed by atoms with Gasteiger partial charge in [0.25, 0.3) is 0 Å². The number of sulfone groups is 1. The third kappa shape index (κ3) is 5.43. The average Bonchev–Trinajstić information content (AvgIpc) is 3.05. The summed E-state index contributed by atoms with van der Waals surface area (Å²) in [7, 11) is -1.36. The van der Waals surface area contributed by atoms with E-state index in [4.69, 9.17) is 17.0 Å². The summed E-state index contributed by atoms with van der Waals surface area (Å²) in [6.07, 6.45) is 0.603. The minimum absolute atomic E-state index is 0.104. The fourth-order valence-corrected chi connectivity index (χ4v) is 5.21. The second kappa shape index (κ2) is 8.71. The summed E-state index contributed by atoms with van der Waals surface area (Å²) in [6.45, 7) is 1.17. The number of ether oxygens (including phenoxy) is 1. The topological polar surface area (TPSA) is 58.6 Å². The number of nitrogens with zero attached hydrogens (tertiary/aromatic N) is 1. The van der Waals surface area contributed by atoms with Gasteiger partial charge in [0, 0.05) is 19.1 Å². The van der Waals surface area contributed by atoms with E-state index in [9.17, 15) is 8.42 Å². The van der Waals surface area contributed by atoms with Crippen LogP contribution >= 0.6 is 12.2 Å². The maximum Gasteiger partial charge on any atom is 0.169 e. The van der Waals surface area contributed by atoms with Gasteiger partial charge in [0.1, 0.15) is 5.75 Å². The summed E-state index contributed by atoms with van der Waals surface area (Å²) in [4.78, 5) is 2.00. The van der Waals surface area contributed by atoms with Crippen LogP contribution in [-0.2, 0) is 22.9 Å². The van der Waals surface area contributed by atoms with Gasteiger partial charge in [-0.15, -0.1) is 0 Å². The summed E-state index contributed by atoms with van der Waals surface area (Å²) < 4.78 is 29.2. The molecule has 7 heteroatoms. The Morgan fingerprint density at radius 1 is 1.15 bits per heavy atom. The first-order valence-corrected chi connectivity index (χ1v) is 11.1. The van der Waals surface area contributed by atoms with E-state index in [0.29, 0.717) is 24.6 Å². The Morgan fingerprint density at radius 2 is 1.85 bits per heavy atom. The number of hydrogen-bond donors (Lipinski definition) is 1. The van der Waals surface area contributed by atoms with E-state index in [1.807, 2.05) is 59.5 Å². The zero-order chi connectivity index (χ0) is 19.3. The predicted octanol–water partition coefficient (Wildman–Crippen LogP) is 2.76. The molecule has 0 aliphatic carbocycles. The molecular formula is C20H24N2O3S2. The van der Waals surface area contributed by atoms with Crippen LogP contribution in [0.1, 0.15) is 17.5 Å². The Morgan fingerprint density at radius 3 is 2.44 bits per heavy atom. The van der Waals surface area contributed by atoms with Crippen LogP contribution in [0.3, 0.4) is 0 Å². The lowest BCUT2D eigenvalue weighted by Crippen LogP contribution is -2.45. The van der Waals surface area contributed by atoms with Crippen molar-refractivity contribution in [1.82, 2.24) is 10.2 Å². The molecule has 0 unspecified atom stereocenters. The van der Waals surface area contributed by atoms with Gasteiger partial charge in [-0.25, -0.2) is 8.42 Å². The lowest BCUT2D eigenvalue weighted by molar-refractivity contribution is 0.322. The predicted molar refractivity (Wildman–Crippen MR) is 111 cm³/mol. The van der Waals surface area contributed by atoms with E-state index < -0.39 is 9.84 Å². The van der Waals surface area contributed by atoms with Crippen LogP contribution < -0.4 is 10.1 Å². The van der Waals surface area contributed by atoms with Gasteiger partial charge >= 0.3 is 0 Å². The van der Waals surface area contributed by atoms with Gasteiger partial charge in [-0.3, -0.25) is 0 Å². The van der Waals surface area contributed by atoms with Gasteiger partial charge in [0.05, 0.1) is 18.6 Å². The van der Waals surface area contributed by atoms with E-state index in [1.54, 1.807) is 7.11 Å². The van der Waals surface area contributed by atoms with Crippen molar-refractivity contribution in [2.45, 2.75) is 25.6 Å². The molecule has 1 aliphatic rings. The molecular weight excluding hydrogens is 380 g/mol. The summed E-state index contributed by atoms with van der Waals surface area (Å²) in [5, 5.41) is 3.86. The van der Waals surface area contributed by atoms with Crippen molar-refractivity contribution in [2.75, 3.05) is 18.6 Å². The van der Waals surface area contributed by atoms with Gasteiger partial charge < -0.3 is 15.0 Å². The van der Waals surface area contributed by atoms with Gasteiger partial charge in [-0.1, -0.05) is 42.5 Å². The van der Waals surface area contributed by atoms with Crippen LogP contribution in [0, 0.1) is 0 Å². The molecule has 1 aliphatic heterocycles. The fraction of sp³-hybridized carbons (Fsp3) is 0.350. The highest BCUT2D eigenvalue weighted by atomic mass is 32.2. The Kier molecular flexibility index (Phi) is 6.34. The van der Waals surface area contributed by atoms with Crippen LogP contribution in [0.4, 0.5) is 0 Å². The first-order valence-electron chi connectivity index (χ1n) is 8.88. The van der Waals surface area contributed by atoms with Crippen molar-refractivity contribution < 1.29 is 13.2 Å². The molecule has 0 saturated carbocycles. The lowest BCUT2D eigenvalue weighted by Gasteiger charge is -2.31. The van der Waals surface area contributed by atoms with Gasteiger partial charge in [-0.2, -0.15) is 0 Å². The lowest BCUT2D eigenvalue weighted by atomic mass is 10.1. The maximum absolute atomic E-state index is 12.0. The monoisotopic (exact) mass is 404 g/mol. The van der Waals surface area contributed by atoms with Gasteiger partial charge in [-0.05, 0) is 41.9 Å². The van der Waals surface area contributed by atoms with Crippen LogP contribution in [0.25, 0.3) is 0 Å². The maximum atomic E-state index is 12.0. The Labute approximate surface area is 166 Å². The van der Waals surface area contributed by atoms with Crippen LogP contribution in [0.2, 0.25) is 0 Å². The van der Waals surface area contributed by atoms with Crippen LogP contribution in [-0.4, -0.2) is 43.1 Å². The van der Waals surface area contributed by atoms with Crippen molar-refractivity contribution in [3.8, 4) is 5.75 Å². The molecule has 1 N–H and O–H groups in total. The number of nitrogens with one attached hydrogen (secondary N) is 1. The molecule has 0 aromatic heterocycles. The Bertz CT molecular complexity index is 868. The molecule has 1 heterocycles. The van der Waals surface area contributed by atoms with Crippen molar-refractivity contribution in [1.29, 1.82) is 0 Å². The minimum Gasteiger partial charge on any atom is -0.497 e. The van der Waals surface area contributed by atoms with Crippen LogP contribution in [0.5, 0.6) is 5.75 Å². The highest BCUT2D eigenvalue weighted by Gasteiger charge is 2.33. The molecule has 1 saturated heterocycles.